The Morgan fingerprint density at radius 1 is 1.41 bits per heavy atom. The molecule has 0 heterocycles. The fourth-order valence-electron chi connectivity index (χ4n) is 2.26. The predicted octanol–water partition coefficient (Wildman–Crippen LogP) is 3.39. The van der Waals surface area contributed by atoms with E-state index in [1.54, 1.807) is 6.07 Å². The van der Waals surface area contributed by atoms with Crippen LogP contribution >= 0.6 is 11.8 Å². The van der Waals surface area contributed by atoms with Gasteiger partial charge in [-0.3, -0.25) is 0 Å². The average Bonchev–Trinajstić information content (AvgIpc) is 2.76. The molecule has 2 atom stereocenters. The minimum Gasteiger partial charge on any atom is -0.382 e. The average molecular weight is 250 g/mol. The van der Waals surface area contributed by atoms with Gasteiger partial charge in [0.05, 0.1) is 11.6 Å². The topological polar surface area (TPSA) is 35.8 Å². The Bertz CT molecular complexity index is 442. The lowest BCUT2D eigenvalue weighted by molar-refractivity contribution is 0.627. The van der Waals surface area contributed by atoms with Gasteiger partial charge in [0.1, 0.15) is 5.82 Å². The molecule has 0 aromatic heterocycles. The van der Waals surface area contributed by atoms with Crippen LogP contribution in [-0.4, -0.2) is 17.5 Å². The second-order valence-corrected chi connectivity index (χ2v) is 5.49. The van der Waals surface area contributed by atoms with Gasteiger partial charge in [0.2, 0.25) is 0 Å². The van der Waals surface area contributed by atoms with Crippen molar-refractivity contribution in [3.05, 3.63) is 29.6 Å². The Labute approximate surface area is 105 Å². The van der Waals surface area contributed by atoms with Gasteiger partial charge in [-0.05, 0) is 43.7 Å². The largest absolute Gasteiger partial charge is 0.382 e. The van der Waals surface area contributed by atoms with Crippen LogP contribution in [0.3, 0.4) is 0 Å². The normalized spacial score (nSPS) is 23.4. The molecule has 1 aromatic carbocycles. The standard InChI is InChI=1S/C13H15FN2S/c1-17-13-3-2-11(7-13)16-12-5-9(8-15)4-10(14)6-12/h4-6,11,13,16H,2-3,7H2,1H3. The van der Waals surface area contributed by atoms with Crippen LogP contribution in [0, 0.1) is 17.1 Å². The molecule has 0 spiro atoms. The first-order valence-electron chi connectivity index (χ1n) is 5.71. The first kappa shape index (κ1) is 12.3. The summed E-state index contributed by atoms with van der Waals surface area (Å²) in [6.07, 6.45) is 5.56. The van der Waals surface area contributed by atoms with Crippen molar-refractivity contribution < 1.29 is 4.39 Å². The van der Waals surface area contributed by atoms with Gasteiger partial charge >= 0.3 is 0 Å². The van der Waals surface area contributed by atoms with E-state index in [0.717, 1.165) is 12.8 Å². The fraction of sp³-hybridized carbons (Fsp3) is 0.462. The summed E-state index contributed by atoms with van der Waals surface area (Å²) in [7, 11) is 0. The van der Waals surface area contributed by atoms with E-state index in [-0.39, 0.29) is 5.82 Å². The van der Waals surface area contributed by atoms with Gasteiger partial charge in [0, 0.05) is 17.0 Å². The SMILES string of the molecule is CSC1CCC(Nc2cc(F)cc(C#N)c2)C1. The lowest BCUT2D eigenvalue weighted by Crippen LogP contribution is -2.16. The van der Waals surface area contributed by atoms with Crippen LogP contribution in [-0.2, 0) is 0 Å². The number of hydrogen-bond donors (Lipinski definition) is 1. The summed E-state index contributed by atoms with van der Waals surface area (Å²) in [5.41, 5.74) is 1.08. The quantitative estimate of drug-likeness (QED) is 0.893. The van der Waals surface area contributed by atoms with Gasteiger partial charge in [-0.25, -0.2) is 4.39 Å². The Balaban J connectivity index is 2.04. The van der Waals surface area contributed by atoms with E-state index in [1.165, 1.54) is 18.6 Å². The van der Waals surface area contributed by atoms with Crippen LogP contribution in [0.4, 0.5) is 10.1 Å². The van der Waals surface area contributed by atoms with Crippen molar-refractivity contribution >= 4 is 17.4 Å². The second-order valence-electron chi connectivity index (χ2n) is 4.35. The van der Waals surface area contributed by atoms with Crippen molar-refractivity contribution in [3.63, 3.8) is 0 Å². The van der Waals surface area contributed by atoms with Gasteiger partial charge in [0.25, 0.3) is 0 Å². The molecule has 0 radical (unpaired) electrons. The molecule has 17 heavy (non-hydrogen) atoms. The van der Waals surface area contributed by atoms with Crippen LogP contribution in [0.5, 0.6) is 0 Å². The second kappa shape index (κ2) is 5.42. The van der Waals surface area contributed by atoms with Crippen molar-refractivity contribution in [2.75, 3.05) is 11.6 Å². The molecule has 1 aromatic rings. The summed E-state index contributed by atoms with van der Waals surface area (Å²) < 4.78 is 13.2. The number of halogens is 1. The van der Waals surface area contributed by atoms with E-state index in [4.69, 9.17) is 5.26 Å². The molecular weight excluding hydrogens is 235 g/mol. The Kier molecular flexibility index (Phi) is 3.90. The molecule has 0 bridgehead atoms. The van der Waals surface area contributed by atoms with Crippen molar-refractivity contribution in [3.8, 4) is 6.07 Å². The highest BCUT2D eigenvalue weighted by atomic mass is 32.2. The van der Waals surface area contributed by atoms with Gasteiger partial charge in [0.15, 0.2) is 0 Å². The van der Waals surface area contributed by atoms with Gasteiger partial charge in [-0.2, -0.15) is 17.0 Å². The molecule has 0 aliphatic heterocycles. The fourth-order valence-corrected chi connectivity index (χ4v) is 3.06. The molecular formula is C13H15FN2S. The number of hydrogen-bond acceptors (Lipinski definition) is 3. The highest BCUT2D eigenvalue weighted by Crippen LogP contribution is 2.30. The zero-order chi connectivity index (χ0) is 12.3. The van der Waals surface area contributed by atoms with Crippen LogP contribution in [0.2, 0.25) is 0 Å². The van der Waals surface area contributed by atoms with E-state index in [9.17, 15) is 4.39 Å². The molecule has 90 valence electrons. The van der Waals surface area contributed by atoms with Gasteiger partial charge < -0.3 is 5.32 Å². The minimum absolute atomic E-state index is 0.356. The molecule has 1 N–H and O–H groups in total. The number of anilines is 1. The van der Waals surface area contributed by atoms with Crippen molar-refractivity contribution in [1.29, 1.82) is 5.26 Å². The summed E-state index contributed by atoms with van der Waals surface area (Å²) >= 11 is 1.89. The number of benzene rings is 1. The zero-order valence-electron chi connectivity index (χ0n) is 9.74. The Hall–Kier alpha value is -1.21. The monoisotopic (exact) mass is 250 g/mol. The zero-order valence-corrected chi connectivity index (χ0v) is 10.6. The van der Waals surface area contributed by atoms with E-state index in [1.807, 2.05) is 17.8 Å². The van der Waals surface area contributed by atoms with Crippen LogP contribution in [0.25, 0.3) is 0 Å². The van der Waals surface area contributed by atoms with E-state index >= 15 is 0 Å². The summed E-state index contributed by atoms with van der Waals surface area (Å²) in [6, 6.07) is 6.78. The van der Waals surface area contributed by atoms with Crippen LogP contribution in [0.15, 0.2) is 18.2 Å². The minimum atomic E-state index is -0.356. The molecule has 0 amide bonds. The Morgan fingerprint density at radius 2 is 2.24 bits per heavy atom. The predicted molar refractivity (Wildman–Crippen MR) is 69.7 cm³/mol. The Morgan fingerprint density at radius 3 is 2.88 bits per heavy atom. The van der Waals surface area contributed by atoms with Crippen molar-refractivity contribution in [1.82, 2.24) is 0 Å². The molecule has 4 heteroatoms. The van der Waals surface area contributed by atoms with Crippen LogP contribution in [0.1, 0.15) is 24.8 Å². The number of nitrogens with zero attached hydrogens (tertiary/aromatic N) is 1. The smallest absolute Gasteiger partial charge is 0.126 e. The molecule has 1 aliphatic rings. The number of nitrogens with one attached hydrogen (secondary N) is 1. The first-order valence-corrected chi connectivity index (χ1v) is 7.00. The third-order valence-corrected chi connectivity index (χ3v) is 4.21. The van der Waals surface area contributed by atoms with Crippen LogP contribution < -0.4 is 5.32 Å². The summed E-state index contributed by atoms with van der Waals surface area (Å²) in [6.45, 7) is 0. The molecule has 1 fully saturated rings. The highest BCUT2D eigenvalue weighted by molar-refractivity contribution is 7.99. The lowest BCUT2D eigenvalue weighted by Gasteiger charge is -2.14. The lowest BCUT2D eigenvalue weighted by atomic mass is 10.2. The van der Waals surface area contributed by atoms with Crippen molar-refractivity contribution in [2.24, 2.45) is 0 Å². The molecule has 2 rings (SSSR count). The summed E-state index contributed by atoms with van der Waals surface area (Å²) in [5, 5.41) is 12.8. The van der Waals surface area contributed by atoms with E-state index in [0.29, 0.717) is 22.5 Å². The molecule has 1 aliphatic carbocycles. The van der Waals surface area contributed by atoms with E-state index < -0.39 is 0 Å². The third kappa shape index (κ3) is 3.13. The third-order valence-electron chi connectivity index (χ3n) is 3.12. The maximum atomic E-state index is 13.2. The molecule has 2 nitrogen and oxygen atoms in total. The molecule has 0 saturated heterocycles. The molecule has 2 unspecified atom stereocenters. The first-order chi connectivity index (χ1) is 8.21. The van der Waals surface area contributed by atoms with Gasteiger partial charge in [-0.1, -0.05) is 0 Å². The number of rotatable bonds is 3. The summed E-state index contributed by atoms with van der Waals surface area (Å²) in [4.78, 5) is 0. The number of nitriles is 1. The van der Waals surface area contributed by atoms with Crippen molar-refractivity contribution in [2.45, 2.75) is 30.6 Å². The number of thioether (sulfide) groups is 1. The summed E-state index contributed by atoms with van der Waals surface area (Å²) in [5.74, 6) is -0.356. The maximum Gasteiger partial charge on any atom is 0.126 e. The maximum absolute atomic E-state index is 13.2. The van der Waals surface area contributed by atoms with Gasteiger partial charge in [-0.15, -0.1) is 0 Å². The molecule has 1 saturated carbocycles. The van der Waals surface area contributed by atoms with E-state index in [2.05, 4.69) is 11.6 Å². The highest BCUT2D eigenvalue weighted by Gasteiger charge is 2.23.